The van der Waals surface area contributed by atoms with Crippen LogP contribution >= 0.6 is 0 Å². The van der Waals surface area contributed by atoms with E-state index >= 15 is 0 Å². The van der Waals surface area contributed by atoms with Crippen molar-refractivity contribution < 1.29 is 14.3 Å². The van der Waals surface area contributed by atoms with E-state index < -0.39 is 0 Å². The smallest absolute Gasteiger partial charge is 0.263 e. The molecule has 4 aromatic heterocycles. The van der Waals surface area contributed by atoms with Gasteiger partial charge in [-0.25, -0.2) is 9.97 Å². The summed E-state index contributed by atoms with van der Waals surface area (Å²) in [7, 11) is 1.85. The number of carbonyl (C=O) groups excluding carboxylic acids is 1. The largest absolute Gasteiger partial charge is 0.474 e. The Labute approximate surface area is 202 Å². The zero-order valence-corrected chi connectivity index (χ0v) is 20.1. The van der Waals surface area contributed by atoms with Crippen LogP contribution < -0.4 is 10.1 Å². The molecule has 1 saturated carbocycles. The molecule has 1 amide bonds. The molecule has 180 valence electrons. The van der Waals surface area contributed by atoms with Crippen molar-refractivity contribution in [2.45, 2.75) is 50.7 Å². The molecule has 1 aliphatic carbocycles. The number of ether oxygens (including phenoxy) is 2. The summed E-state index contributed by atoms with van der Waals surface area (Å²) in [4.78, 5) is 27.3. The molecule has 2 saturated heterocycles. The quantitative estimate of drug-likeness (QED) is 0.457. The molecule has 0 atom stereocenters. The number of rotatable bonds is 6. The van der Waals surface area contributed by atoms with Gasteiger partial charge in [-0.05, 0) is 45.7 Å². The maximum absolute atomic E-state index is 13.3. The van der Waals surface area contributed by atoms with Crippen LogP contribution in [0.25, 0.3) is 17.0 Å². The number of fused-ring (bicyclic) bond motifs is 2. The Morgan fingerprint density at radius 2 is 2.00 bits per heavy atom. The second-order valence-electron chi connectivity index (χ2n) is 10.1. The number of hydrogen-bond acceptors (Lipinski definition) is 7. The number of amides is 1. The van der Waals surface area contributed by atoms with Crippen molar-refractivity contribution in [1.29, 1.82) is 0 Å². The highest BCUT2D eigenvalue weighted by molar-refractivity contribution is 6.05. The Bertz CT molecular complexity index is 1450. The fraction of sp³-hybridized carbons (Fsp3) is 0.400. The summed E-state index contributed by atoms with van der Waals surface area (Å²) in [5.41, 5.74) is 2.72. The summed E-state index contributed by atoms with van der Waals surface area (Å²) in [5.74, 6) is 0.802. The van der Waals surface area contributed by atoms with Gasteiger partial charge >= 0.3 is 0 Å². The van der Waals surface area contributed by atoms with E-state index in [1.54, 1.807) is 27.5 Å². The lowest BCUT2D eigenvalue weighted by Gasteiger charge is -2.41. The number of nitrogens with one attached hydrogen (secondary N) is 1. The van der Waals surface area contributed by atoms with Crippen LogP contribution in [0.4, 0.5) is 5.82 Å². The third-order valence-corrected chi connectivity index (χ3v) is 6.66. The third-order valence-electron chi connectivity index (χ3n) is 6.66. The number of hydrogen-bond donors (Lipinski definition) is 1. The minimum atomic E-state index is -0.361. The summed E-state index contributed by atoms with van der Waals surface area (Å²) in [5, 5.41) is 7.07. The molecule has 0 radical (unpaired) electrons. The van der Waals surface area contributed by atoms with Crippen molar-refractivity contribution in [2.75, 3.05) is 11.9 Å². The Kier molecular flexibility index (Phi) is 4.72. The van der Waals surface area contributed by atoms with Gasteiger partial charge in [-0.1, -0.05) is 6.07 Å². The Balaban J connectivity index is 1.32. The van der Waals surface area contributed by atoms with E-state index in [1.165, 1.54) is 0 Å². The Morgan fingerprint density at radius 3 is 2.69 bits per heavy atom. The van der Waals surface area contributed by atoms with E-state index in [1.807, 2.05) is 45.4 Å². The first-order valence-corrected chi connectivity index (χ1v) is 11.7. The van der Waals surface area contributed by atoms with Crippen LogP contribution in [0.15, 0.2) is 43.0 Å². The van der Waals surface area contributed by atoms with Gasteiger partial charge in [-0.3, -0.25) is 13.9 Å². The van der Waals surface area contributed by atoms with Gasteiger partial charge in [0.2, 0.25) is 11.7 Å². The molecule has 0 aromatic carbocycles. The minimum absolute atomic E-state index is 0.0441. The molecule has 3 aliphatic rings. The maximum Gasteiger partial charge on any atom is 0.263 e. The number of aromatic nitrogens is 6. The summed E-state index contributed by atoms with van der Waals surface area (Å²) >= 11 is 0. The summed E-state index contributed by atoms with van der Waals surface area (Å²) < 4.78 is 15.4. The van der Waals surface area contributed by atoms with Gasteiger partial charge in [0.25, 0.3) is 5.91 Å². The lowest BCUT2D eigenvalue weighted by Crippen LogP contribution is -2.45. The molecule has 35 heavy (non-hydrogen) atoms. The first kappa shape index (κ1) is 21.7. The van der Waals surface area contributed by atoms with Crippen LogP contribution in [0.1, 0.15) is 49.7 Å². The second-order valence-corrected chi connectivity index (χ2v) is 10.1. The molecule has 3 fully saturated rings. The van der Waals surface area contributed by atoms with Crippen LogP contribution in [0.5, 0.6) is 5.88 Å². The van der Waals surface area contributed by atoms with Gasteiger partial charge in [0.1, 0.15) is 11.4 Å². The highest BCUT2D eigenvalue weighted by atomic mass is 16.5. The molecule has 10 nitrogen and oxygen atoms in total. The Hall–Kier alpha value is -3.79. The van der Waals surface area contributed by atoms with E-state index in [9.17, 15) is 4.79 Å². The maximum atomic E-state index is 13.3. The predicted octanol–water partition coefficient (Wildman–Crippen LogP) is 3.38. The molecule has 0 spiro atoms. The van der Waals surface area contributed by atoms with Crippen molar-refractivity contribution >= 4 is 17.5 Å². The average molecular weight is 474 g/mol. The van der Waals surface area contributed by atoms with Gasteiger partial charge in [0.15, 0.2) is 0 Å². The van der Waals surface area contributed by atoms with E-state index in [4.69, 9.17) is 14.5 Å². The highest BCUT2D eigenvalue weighted by Crippen LogP contribution is 2.58. The summed E-state index contributed by atoms with van der Waals surface area (Å²) in [6, 6.07) is 5.46. The van der Waals surface area contributed by atoms with Gasteiger partial charge in [0, 0.05) is 36.6 Å². The van der Waals surface area contributed by atoms with Gasteiger partial charge in [-0.15, -0.1) is 0 Å². The van der Waals surface area contributed by atoms with Crippen LogP contribution in [-0.2, 0) is 17.2 Å². The van der Waals surface area contributed by atoms with E-state index in [2.05, 4.69) is 27.3 Å². The molecule has 7 rings (SSSR count). The van der Waals surface area contributed by atoms with Crippen molar-refractivity contribution in [3.8, 4) is 17.1 Å². The number of anilines is 1. The second kappa shape index (κ2) is 7.61. The van der Waals surface area contributed by atoms with E-state index in [0.717, 1.165) is 24.1 Å². The topological polar surface area (TPSA) is 108 Å². The summed E-state index contributed by atoms with van der Waals surface area (Å²) in [6.07, 6.45) is 9.02. The third kappa shape index (κ3) is 3.74. The van der Waals surface area contributed by atoms with Gasteiger partial charge < -0.3 is 14.8 Å². The van der Waals surface area contributed by atoms with Gasteiger partial charge in [-0.2, -0.15) is 10.1 Å². The van der Waals surface area contributed by atoms with Crippen LogP contribution in [0, 0.1) is 0 Å². The van der Waals surface area contributed by atoms with Crippen LogP contribution in [0.3, 0.4) is 0 Å². The van der Waals surface area contributed by atoms with Crippen molar-refractivity contribution in [1.82, 2.24) is 29.1 Å². The molecule has 2 aliphatic heterocycles. The van der Waals surface area contributed by atoms with Crippen molar-refractivity contribution in [3.63, 3.8) is 0 Å². The molecule has 1 N–H and O–H groups in total. The molecule has 2 bridgehead atoms. The number of carbonyl (C=O) groups is 1. The lowest BCUT2D eigenvalue weighted by atomic mass is 9.62. The van der Waals surface area contributed by atoms with E-state index in [-0.39, 0.29) is 28.9 Å². The van der Waals surface area contributed by atoms with Crippen molar-refractivity contribution in [2.24, 2.45) is 7.05 Å². The first-order chi connectivity index (χ1) is 16.7. The average Bonchev–Trinajstić information content (AvgIpc) is 3.55. The fourth-order valence-electron chi connectivity index (χ4n) is 5.18. The normalized spacial score (nSPS) is 23.0. The van der Waals surface area contributed by atoms with Crippen LogP contribution in [0.2, 0.25) is 0 Å². The molecule has 6 heterocycles. The van der Waals surface area contributed by atoms with Gasteiger partial charge in [0.05, 0.1) is 35.9 Å². The first-order valence-electron chi connectivity index (χ1n) is 11.7. The zero-order chi connectivity index (χ0) is 24.4. The molecule has 4 aromatic rings. The number of pyridine rings is 1. The zero-order valence-electron chi connectivity index (χ0n) is 20.1. The van der Waals surface area contributed by atoms with E-state index in [0.29, 0.717) is 29.5 Å². The minimum Gasteiger partial charge on any atom is -0.474 e. The monoisotopic (exact) mass is 473 g/mol. The standard InChI is InChI=1S/C25H27N7O3/c1-15(2)35-22-17(21(33)29-20-7-5-6-18(27-20)16-8-26-31(4)9-16)10-32-11-19(28-23(32)30-22)25-12-24(3,13-25)34-14-25/h5-11,15H,12-14H2,1-4H3,(H,27,29,33). The number of imidazole rings is 1. The number of aryl methyl sites for hydroxylation is 1. The fourth-order valence-corrected chi connectivity index (χ4v) is 5.18. The van der Waals surface area contributed by atoms with Crippen LogP contribution in [-0.4, -0.2) is 53.4 Å². The number of nitrogens with zero attached hydrogens (tertiary/aromatic N) is 6. The molecular formula is C25H27N7O3. The lowest BCUT2D eigenvalue weighted by molar-refractivity contribution is 0.0154. The van der Waals surface area contributed by atoms with Crippen molar-refractivity contribution in [3.05, 3.63) is 54.2 Å². The Morgan fingerprint density at radius 1 is 1.17 bits per heavy atom. The summed E-state index contributed by atoms with van der Waals surface area (Å²) in [6.45, 7) is 6.59. The SMILES string of the molecule is CC(C)Oc1nc2nc(C34COC(C)(C3)C4)cn2cc1C(=O)Nc1cccc(-c2cnn(C)c2)n1. The molecular weight excluding hydrogens is 446 g/mol. The molecule has 0 unspecified atom stereocenters. The predicted molar refractivity (Wildman–Crippen MR) is 128 cm³/mol. The highest BCUT2D eigenvalue weighted by Gasteiger charge is 2.61. The molecule has 10 heteroatoms.